The fourth-order valence-electron chi connectivity index (χ4n) is 1.34. The fourth-order valence-corrected chi connectivity index (χ4v) is 1.34. The highest BCUT2D eigenvalue weighted by Crippen LogP contribution is 2.05. The number of unbranched alkanes of at least 4 members (excludes halogenated alkanes) is 6. The average Bonchev–Trinajstić information content (AvgIpc) is 2.27. The van der Waals surface area contributed by atoms with Crippen molar-refractivity contribution >= 4 is 12.3 Å². The largest absolute Gasteiger partial charge is 0.449 e. The van der Waals surface area contributed by atoms with Gasteiger partial charge in [-0.25, -0.2) is 10.2 Å². The van der Waals surface area contributed by atoms with Gasteiger partial charge in [0.15, 0.2) is 0 Å². The van der Waals surface area contributed by atoms with Crippen LogP contribution in [0.25, 0.3) is 0 Å². The SMILES string of the molecule is CCCCCCCC/C=N\NC(=O)OCC. The number of carbonyl (C=O) groups excluding carboxylic acids is 1. The van der Waals surface area contributed by atoms with Crippen molar-refractivity contribution in [1.29, 1.82) is 0 Å². The van der Waals surface area contributed by atoms with E-state index < -0.39 is 6.09 Å². The second-order valence-corrected chi connectivity index (χ2v) is 3.70. The van der Waals surface area contributed by atoms with E-state index in [0.717, 1.165) is 12.8 Å². The normalized spacial score (nSPS) is 10.6. The van der Waals surface area contributed by atoms with Crippen LogP contribution in [-0.2, 0) is 4.74 Å². The Labute approximate surface area is 98.4 Å². The third-order valence-corrected chi connectivity index (χ3v) is 2.21. The summed E-state index contributed by atoms with van der Waals surface area (Å²) in [4.78, 5) is 10.8. The summed E-state index contributed by atoms with van der Waals surface area (Å²) >= 11 is 0. The van der Waals surface area contributed by atoms with Gasteiger partial charge in [-0.3, -0.25) is 0 Å². The van der Waals surface area contributed by atoms with Crippen LogP contribution < -0.4 is 5.43 Å². The Hall–Kier alpha value is -1.06. The summed E-state index contributed by atoms with van der Waals surface area (Å²) in [5.74, 6) is 0. The van der Waals surface area contributed by atoms with Gasteiger partial charge < -0.3 is 4.74 Å². The molecule has 0 aromatic rings. The molecule has 16 heavy (non-hydrogen) atoms. The topological polar surface area (TPSA) is 50.7 Å². The van der Waals surface area contributed by atoms with E-state index >= 15 is 0 Å². The number of rotatable bonds is 9. The van der Waals surface area contributed by atoms with Gasteiger partial charge >= 0.3 is 6.09 Å². The molecule has 0 heterocycles. The maximum atomic E-state index is 10.8. The molecule has 0 aliphatic carbocycles. The minimum Gasteiger partial charge on any atom is -0.449 e. The van der Waals surface area contributed by atoms with Crippen LogP contribution in [-0.4, -0.2) is 18.9 Å². The molecule has 1 amide bonds. The molecule has 0 fully saturated rings. The van der Waals surface area contributed by atoms with Crippen molar-refractivity contribution in [2.24, 2.45) is 5.10 Å². The zero-order chi connectivity index (χ0) is 12.1. The Kier molecular flexibility index (Phi) is 11.2. The minimum absolute atomic E-state index is 0.374. The number of carbonyl (C=O) groups is 1. The number of hydrogen-bond donors (Lipinski definition) is 1. The highest BCUT2D eigenvalue weighted by atomic mass is 16.5. The number of amides is 1. The Morgan fingerprint density at radius 3 is 2.56 bits per heavy atom. The molecule has 0 radical (unpaired) electrons. The molecule has 0 unspecified atom stereocenters. The van der Waals surface area contributed by atoms with Crippen molar-refractivity contribution in [2.75, 3.05) is 6.61 Å². The van der Waals surface area contributed by atoms with Crippen LogP contribution in [0.1, 0.15) is 58.8 Å². The van der Waals surface area contributed by atoms with E-state index in [-0.39, 0.29) is 0 Å². The van der Waals surface area contributed by atoms with Gasteiger partial charge in [0.1, 0.15) is 0 Å². The summed E-state index contributed by atoms with van der Waals surface area (Å²) in [6.45, 7) is 4.35. The molecule has 0 spiro atoms. The molecule has 0 aromatic heterocycles. The molecule has 4 heteroatoms. The summed E-state index contributed by atoms with van der Waals surface area (Å²) in [5.41, 5.74) is 2.30. The first-order valence-electron chi connectivity index (χ1n) is 6.25. The van der Waals surface area contributed by atoms with E-state index in [1.807, 2.05) is 0 Å². The van der Waals surface area contributed by atoms with Gasteiger partial charge in [-0.15, -0.1) is 0 Å². The molecule has 1 N–H and O–H groups in total. The molecule has 0 aliphatic rings. The molecule has 0 saturated heterocycles. The van der Waals surface area contributed by atoms with Crippen molar-refractivity contribution in [3.8, 4) is 0 Å². The van der Waals surface area contributed by atoms with Gasteiger partial charge in [-0.05, 0) is 19.8 Å². The summed E-state index contributed by atoms with van der Waals surface area (Å²) in [6, 6.07) is 0. The van der Waals surface area contributed by atoms with Crippen molar-refractivity contribution in [3.05, 3.63) is 0 Å². The molecule has 0 aliphatic heterocycles. The second-order valence-electron chi connectivity index (χ2n) is 3.70. The van der Waals surface area contributed by atoms with E-state index in [2.05, 4.69) is 22.2 Å². The number of nitrogens with zero attached hydrogens (tertiary/aromatic N) is 1. The van der Waals surface area contributed by atoms with Crippen molar-refractivity contribution in [2.45, 2.75) is 58.8 Å². The van der Waals surface area contributed by atoms with Crippen molar-refractivity contribution < 1.29 is 9.53 Å². The Morgan fingerprint density at radius 1 is 1.19 bits per heavy atom. The van der Waals surface area contributed by atoms with Crippen molar-refractivity contribution in [1.82, 2.24) is 5.43 Å². The highest BCUT2D eigenvalue weighted by Gasteiger charge is 1.94. The molecular weight excluding hydrogens is 204 g/mol. The molecule has 94 valence electrons. The minimum atomic E-state index is -0.485. The Balaban J connectivity index is 3.18. The van der Waals surface area contributed by atoms with E-state index in [9.17, 15) is 4.79 Å². The third kappa shape index (κ3) is 11.0. The van der Waals surface area contributed by atoms with Crippen LogP contribution in [0.5, 0.6) is 0 Å². The van der Waals surface area contributed by atoms with Gasteiger partial charge in [0, 0.05) is 6.21 Å². The lowest BCUT2D eigenvalue weighted by Crippen LogP contribution is -2.18. The summed E-state index contributed by atoms with van der Waals surface area (Å²) in [6.07, 6.45) is 9.78. The van der Waals surface area contributed by atoms with Gasteiger partial charge in [0.2, 0.25) is 0 Å². The van der Waals surface area contributed by atoms with Crippen LogP contribution in [0, 0.1) is 0 Å². The fraction of sp³-hybridized carbons (Fsp3) is 0.833. The maximum Gasteiger partial charge on any atom is 0.427 e. The number of hydrazone groups is 1. The Morgan fingerprint density at radius 2 is 1.88 bits per heavy atom. The van der Waals surface area contributed by atoms with Crippen LogP contribution >= 0.6 is 0 Å². The quantitative estimate of drug-likeness (QED) is 0.373. The Bertz CT molecular complexity index is 193. The van der Waals surface area contributed by atoms with Gasteiger partial charge in [0.05, 0.1) is 6.61 Å². The second kappa shape index (κ2) is 12.0. The van der Waals surface area contributed by atoms with Crippen LogP contribution in [0.15, 0.2) is 5.10 Å². The molecule has 0 saturated carbocycles. The predicted octanol–water partition coefficient (Wildman–Crippen LogP) is 3.47. The molecule has 0 atom stereocenters. The third-order valence-electron chi connectivity index (χ3n) is 2.21. The molecule has 0 rings (SSSR count). The number of nitrogens with one attached hydrogen (secondary N) is 1. The van der Waals surface area contributed by atoms with Crippen molar-refractivity contribution in [3.63, 3.8) is 0 Å². The summed E-state index contributed by atoms with van der Waals surface area (Å²) in [7, 11) is 0. The summed E-state index contributed by atoms with van der Waals surface area (Å²) in [5, 5.41) is 3.77. The van der Waals surface area contributed by atoms with Gasteiger partial charge in [0.25, 0.3) is 0 Å². The van der Waals surface area contributed by atoms with E-state index in [4.69, 9.17) is 0 Å². The average molecular weight is 228 g/mol. The van der Waals surface area contributed by atoms with Crippen LogP contribution in [0.2, 0.25) is 0 Å². The maximum absolute atomic E-state index is 10.8. The van der Waals surface area contributed by atoms with E-state index in [1.165, 1.54) is 32.1 Å². The van der Waals surface area contributed by atoms with E-state index in [0.29, 0.717) is 6.61 Å². The highest BCUT2D eigenvalue weighted by molar-refractivity contribution is 5.68. The zero-order valence-corrected chi connectivity index (χ0v) is 10.5. The molecule has 0 bridgehead atoms. The smallest absolute Gasteiger partial charge is 0.427 e. The molecular formula is C12H24N2O2. The lowest BCUT2D eigenvalue weighted by Gasteiger charge is -1.99. The van der Waals surface area contributed by atoms with Crippen LogP contribution in [0.3, 0.4) is 0 Å². The van der Waals surface area contributed by atoms with E-state index in [1.54, 1.807) is 13.1 Å². The van der Waals surface area contributed by atoms with Crippen LogP contribution in [0.4, 0.5) is 4.79 Å². The first kappa shape index (κ1) is 14.9. The summed E-state index contributed by atoms with van der Waals surface area (Å²) < 4.78 is 4.65. The monoisotopic (exact) mass is 228 g/mol. The number of hydrogen-bond acceptors (Lipinski definition) is 3. The van der Waals surface area contributed by atoms with Gasteiger partial charge in [-0.1, -0.05) is 39.0 Å². The first-order chi connectivity index (χ1) is 7.81. The lowest BCUT2D eigenvalue weighted by atomic mass is 10.1. The lowest BCUT2D eigenvalue weighted by molar-refractivity contribution is 0.152. The number of ether oxygens (including phenoxy) is 1. The molecule has 4 nitrogen and oxygen atoms in total. The van der Waals surface area contributed by atoms with Gasteiger partial charge in [-0.2, -0.15) is 5.10 Å². The predicted molar refractivity (Wildman–Crippen MR) is 66.6 cm³/mol. The molecule has 0 aromatic carbocycles. The first-order valence-corrected chi connectivity index (χ1v) is 6.25. The zero-order valence-electron chi connectivity index (χ0n) is 10.5. The standard InChI is InChI=1S/C12H24N2O2/c1-3-5-6-7-8-9-10-11-13-14-12(15)16-4-2/h11H,3-10H2,1-2H3,(H,14,15)/b13-11-.